The molecule has 1 aromatic rings. The van der Waals surface area contributed by atoms with Crippen molar-refractivity contribution in [2.45, 2.75) is 0 Å². The van der Waals surface area contributed by atoms with E-state index in [1.165, 1.54) is 18.3 Å². The van der Waals surface area contributed by atoms with Gasteiger partial charge in [0.1, 0.15) is 6.29 Å². The lowest BCUT2D eigenvalue weighted by atomic mass is 10.3. The van der Waals surface area contributed by atoms with Crippen molar-refractivity contribution >= 4 is 12.4 Å². The summed E-state index contributed by atoms with van der Waals surface area (Å²) in [5, 5.41) is 0. The molecule has 0 saturated heterocycles. The summed E-state index contributed by atoms with van der Waals surface area (Å²) in [6.07, 6.45) is 4.26. The van der Waals surface area contributed by atoms with Gasteiger partial charge in [-0.3, -0.25) is 14.6 Å². The zero-order valence-electron chi connectivity index (χ0n) is 6.03. The van der Waals surface area contributed by atoms with E-state index >= 15 is 0 Å². The molecule has 0 amide bonds. The van der Waals surface area contributed by atoms with Crippen LogP contribution in [0.4, 0.5) is 0 Å². The van der Waals surface area contributed by atoms with Crippen LogP contribution < -0.4 is 11.2 Å². The van der Waals surface area contributed by atoms with Crippen molar-refractivity contribution in [3.63, 3.8) is 0 Å². The monoisotopic (exact) mass is 166 g/mol. The second-order valence-corrected chi connectivity index (χ2v) is 2.02. The van der Waals surface area contributed by atoms with Gasteiger partial charge in [0.15, 0.2) is 0 Å². The molecule has 0 unspecified atom stereocenters. The average molecular weight is 166 g/mol. The first-order valence-electron chi connectivity index (χ1n) is 3.18. The zero-order valence-corrected chi connectivity index (χ0v) is 6.03. The molecule has 1 heterocycles. The summed E-state index contributed by atoms with van der Waals surface area (Å²) in [7, 11) is 0. The van der Waals surface area contributed by atoms with Gasteiger partial charge in [0, 0.05) is 6.20 Å². The van der Waals surface area contributed by atoms with Crippen LogP contribution >= 0.6 is 0 Å². The van der Waals surface area contributed by atoms with Crippen LogP contribution in [0.3, 0.4) is 0 Å². The molecule has 0 atom stereocenters. The highest BCUT2D eigenvalue weighted by molar-refractivity contribution is 5.73. The minimum absolute atomic E-state index is 0.238. The van der Waals surface area contributed by atoms with Crippen LogP contribution in [0.2, 0.25) is 0 Å². The van der Waals surface area contributed by atoms with Crippen molar-refractivity contribution < 1.29 is 4.79 Å². The van der Waals surface area contributed by atoms with Gasteiger partial charge in [-0.05, 0) is 12.2 Å². The largest absolute Gasteiger partial charge is 0.325 e. The quantitative estimate of drug-likeness (QED) is 0.449. The molecule has 1 rings (SSSR count). The maximum Gasteiger partial charge on any atom is 0.325 e. The van der Waals surface area contributed by atoms with Gasteiger partial charge in [-0.2, -0.15) is 0 Å². The van der Waals surface area contributed by atoms with Crippen molar-refractivity contribution in [3.05, 3.63) is 38.7 Å². The fourth-order valence-electron chi connectivity index (χ4n) is 0.687. The first kappa shape index (κ1) is 8.19. The van der Waals surface area contributed by atoms with Crippen LogP contribution in [-0.4, -0.2) is 16.3 Å². The SMILES string of the molecule is O=C/C=C/c1c[nH]c(=O)[nH]c1=O. The molecule has 0 saturated carbocycles. The van der Waals surface area contributed by atoms with Crippen molar-refractivity contribution in [3.8, 4) is 0 Å². The van der Waals surface area contributed by atoms with Gasteiger partial charge in [0.05, 0.1) is 5.56 Å². The summed E-state index contributed by atoms with van der Waals surface area (Å²) in [6.45, 7) is 0. The lowest BCUT2D eigenvalue weighted by Gasteiger charge is -1.87. The number of hydrogen-bond acceptors (Lipinski definition) is 3. The molecular weight excluding hydrogens is 160 g/mol. The number of aldehydes is 1. The van der Waals surface area contributed by atoms with Gasteiger partial charge < -0.3 is 4.98 Å². The highest BCUT2D eigenvalue weighted by Gasteiger charge is 1.93. The number of carbonyl (C=O) groups excluding carboxylic acids is 1. The molecule has 0 fully saturated rings. The topological polar surface area (TPSA) is 82.8 Å². The van der Waals surface area contributed by atoms with E-state index in [4.69, 9.17) is 0 Å². The first-order chi connectivity index (χ1) is 5.74. The molecule has 0 aliphatic heterocycles. The number of hydrogen-bond donors (Lipinski definition) is 2. The minimum atomic E-state index is -0.566. The second kappa shape index (κ2) is 3.47. The molecule has 2 N–H and O–H groups in total. The van der Waals surface area contributed by atoms with E-state index in [1.807, 2.05) is 4.98 Å². The Balaban J connectivity index is 3.19. The molecule has 0 aliphatic carbocycles. The summed E-state index contributed by atoms with van der Waals surface area (Å²) in [6, 6.07) is 0. The molecule has 5 heteroatoms. The molecule has 12 heavy (non-hydrogen) atoms. The Morgan fingerprint density at radius 2 is 2.08 bits per heavy atom. The lowest BCUT2D eigenvalue weighted by molar-refractivity contribution is -0.104. The van der Waals surface area contributed by atoms with Gasteiger partial charge in [-0.25, -0.2) is 4.79 Å². The third-order valence-corrected chi connectivity index (χ3v) is 1.20. The predicted molar refractivity (Wildman–Crippen MR) is 42.8 cm³/mol. The number of allylic oxidation sites excluding steroid dienone is 1. The summed E-state index contributed by atoms with van der Waals surface area (Å²) in [4.78, 5) is 35.6. The fraction of sp³-hybridized carbons (Fsp3) is 0. The molecule has 62 valence electrons. The normalized spacial score (nSPS) is 10.3. The Bertz CT molecular complexity index is 413. The van der Waals surface area contributed by atoms with E-state index in [2.05, 4.69) is 4.98 Å². The third-order valence-electron chi connectivity index (χ3n) is 1.20. The molecule has 5 nitrogen and oxygen atoms in total. The van der Waals surface area contributed by atoms with Gasteiger partial charge in [0.2, 0.25) is 0 Å². The second-order valence-electron chi connectivity index (χ2n) is 2.02. The Labute approximate surface area is 66.8 Å². The van der Waals surface area contributed by atoms with Crippen LogP contribution in [0, 0.1) is 0 Å². The fourth-order valence-corrected chi connectivity index (χ4v) is 0.687. The van der Waals surface area contributed by atoms with Crippen LogP contribution in [0.1, 0.15) is 5.56 Å². The first-order valence-corrected chi connectivity index (χ1v) is 3.18. The van der Waals surface area contributed by atoms with Crippen molar-refractivity contribution in [2.75, 3.05) is 0 Å². The van der Waals surface area contributed by atoms with E-state index in [0.717, 1.165) is 0 Å². The Hall–Kier alpha value is -1.91. The Kier molecular flexibility index (Phi) is 2.37. The van der Waals surface area contributed by atoms with Crippen LogP contribution in [-0.2, 0) is 4.79 Å². The van der Waals surface area contributed by atoms with E-state index in [9.17, 15) is 14.4 Å². The van der Waals surface area contributed by atoms with Gasteiger partial charge in [-0.1, -0.05) is 0 Å². The number of rotatable bonds is 2. The molecule has 0 aliphatic rings. The highest BCUT2D eigenvalue weighted by atomic mass is 16.2. The smallest absolute Gasteiger partial charge is 0.314 e. The third kappa shape index (κ3) is 1.79. The van der Waals surface area contributed by atoms with E-state index in [0.29, 0.717) is 6.29 Å². The maximum absolute atomic E-state index is 10.9. The van der Waals surface area contributed by atoms with E-state index < -0.39 is 11.2 Å². The van der Waals surface area contributed by atoms with Crippen molar-refractivity contribution in [1.29, 1.82) is 0 Å². The predicted octanol–water partition coefficient (Wildman–Crippen LogP) is -0.725. The Morgan fingerprint density at radius 3 is 2.67 bits per heavy atom. The molecule has 1 aromatic heterocycles. The maximum atomic E-state index is 10.9. The zero-order chi connectivity index (χ0) is 8.97. The van der Waals surface area contributed by atoms with Crippen molar-refractivity contribution in [2.24, 2.45) is 0 Å². The van der Waals surface area contributed by atoms with E-state index in [-0.39, 0.29) is 5.56 Å². The lowest BCUT2D eigenvalue weighted by Crippen LogP contribution is -2.22. The van der Waals surface area contributed by atoms with Gasteiger partial charge in [0.25, 0.3) is 5.56 Å². The van der Waals surface area contributed by atoms with Crippen LogP contribution in [0.15, 0.2) is 21.9 Å². The molecule has 0 radical (unpaired) electrons. The van der Waals surface area contributed by atoms with Crippen molar-refractivity contribution in [1.82, 2.24) is 9.97 Å². The number of aromatic amines is 2. The molecule has 0 aromatic carbocycles. The average Bonchev–Trinajstić information content (AvgIpc) is 2.03. The number of nitrogens with one attached hydrogen (secondary N) is 2. The standard InChI is InChI=1S/C7H6N2O3/c10-3-1-2-5-4-8-7(12)9-6(5)11/h1-4H,(H2,8,9,11,12)/b2-1+. The number of H-pyrrole nitrogens is 2. The molecule has 0 bridgehead atoms. The van der Waals surface area contributed by atoms with E-state index in [1.54, 1.807) is 0 Å². The molecular formula is C7H6N2O3. The summed E-state index contributed by atoms with van der Waals surface area (Å²) in [5.74, 6) is 0. The minimum Gasteiger partial charge on any atom is -0.314 e. The summed E-state index contributed by atoms with van der Waals surface area (Å²) in [5.41, 5.74) is -0.846. The number of aromatic nitrogens is 2. The highest BCUT2D eigenvalue weighted by Crippen LogP contribution is 1.86. The summed E-state index contributed by atoms with van der Waals surface area (Å²) >= 11 is 0. The Morgan fingerprint density at radius 1 is 1.33 bits per heavy atom. The van der Waals surface area contributed by atoms with Crippen LogP contribution in [0.25, 0.3) is 6.08 Å². The van der Waals surface area contributed by atoms with Gasteiger partial charge >= 0.3 is 5.69 Å². The number of carbonyl (C=O) groups is 1. The van der Waals surface area contributed by atoms with Gasteiger partial charge in [-0.15, -0.1) is 0 Å². The molecule has 0 spiro atoms. The summed E-state index contributed by atoms with van der Waals surface area (Å²) < 4.78 is 0. The van der Waals surface area contributed by atoms with Crippen LogP contribution in [0.5, 0.6) is 0 Å².